The van der Waals surface area contributed by atoms with Crippen LogP contribution in [-0.2, 0) is 4.57 Å². The first-order valence-corrected chi connectivity index (χ1v) is 12.6. The van der Waals surface area contributed by atoms with Gasteiger partial charge < -0.3 is 111 Å². The molecule has 44 heavy (non-hydrogen) atoms. The van der Waals surface area contributed by atoms with Crippen molar-refractivity contribution in [3.05, 3.63) is 0 Å². The predicted octanol–water partition coefficient (Wildman–Crippen LogP) is -22.6. The van der Waals surface area contributed by atoms with Crippen molar-refractivity contribution in [1.29, 1.82) is 0 Å². The Morgan fingerprint density at radius 2 is 0.409 bits per heavy atom. The smallest absolute Gasteiger partial charge is 0.822 e. The van der Waals surface area contributed by atoms with Crippen molar-refractivity contribution in [1.82, 2.24) is 0 Å². The quantitative estimate of drug-likeness (QED) is 0.0554. The Hall–Kier alpha value is 2.39. The van der Waals surface area contributed by atoms with E-state index in [0.717, 1.165) is 0 Å². The van der Waals surface area contributed by atoms with E-state index in [1.807, 2.05) is 0 Å². The fourth-order valence-corrected chi connectivity index (χ4v) is 2.01. The summed E-state index contributed by atoms with van der Waals surface area (Å²) in [6.45, 7) is -4.35. The van der Waals surface area contributed by atoms with E-state index in [4.69, 9.17) is 111 Å². The first-order valence-electron chi connectivity index (χ1n) is 11.2. The van der Waals surface area contributed by atoms with Crippen molar-refractivity contribution >= 4 is 7.82 Å². The van der Waals surface area contributed by atoms with Gasteiger partial charge in [0.1, 0.15) is 73.2 Å². The van der Waals surface area contributed by atoms with Crippen molar-refractivity contribution < 1.29 is 200 Å². The normalized spacial score (nSPS) is 18.9. The second-order valence-corrected chi connectivity index (χ2v) is 8.78. The molecule has 26 heteroatoms. The molecule has 0 aromatic rings. The maximum absolute atomic E-state index is 8.96. The summed E-state index contributed by atoms with van der Waals surface area (Å²) in [6, 6.07) is 0. The average molecular weight is 710 g/mol. The van der Waals surface area contributed by atoms with E-state index in [1.54, 1.807) is 0 Å². The zero-order valence-electron chi connectivity index (χ0n) is 24.3. The van der Waals surface area contributed by atoms with Crippen molar-refractivity contribution in [2.24, 2.45) is 0 Å². The zero-order chi connectivity index (χ0) is 33.7. The van der Waals surface area contributed by atoms with Gasteiger partial charge in [-0.3, -0.25) is 0 Å². The molecule has 0 fully saturated rings. The number of rotatable bonds is 15. The molecule has 0 bridgehead atoms. The van der Waals surface area contributed by atoms with Gasteiger partial charge in [0, 0.05) is 0 Å². The predicted molar refractivity (Wildman–Crippen MR) is 122 cm³/mol. The molecule has 0 aromatic carbocycles. The van der Waals surface area contributed by atoms with E-state index in [2.05, 4.69) is 0 Å². The molecular formula is C18H42Na3O22P. The van der Waals surface area contributed by atoms with E-state index in [0.29, 0.717) is 0 Å². The van der Waals surface area contributed by atoms with Crippen LogP contribution in [0.3, 0.4) is 0 Å². The third kappa shape index (κ3) is 32.9. The number of aliphatic hydroxyl groups is 18. The standard InChI is InChI=1S/3C6H14O6.3Na.H3O4P/c3*7-1-3(9)5(11)6(12)4(10)2-8;;;;1-5(2,3)4/h3*3-12H,1-2H2;;;;(H3,1,2,3,4)/q;;;3*+1;/p-3/t3*3-,4+,5-,6-;;;;/m111..../s1. The number of hydrogen-bond acceptors (Lipinski definition) is 22. The van der Waals surface area contributed by atoms with Gasteiger partial charge >= 0.3 is 88.7 Å². The van der Waals surface area contributed by atoms with Gasteiger partial charge in [-0.05, 0) is 0 Å². The van der Waals surface area contributed by atoms with E-state index >= 15 is 0 Å². The monoisotopic (exact) mass is 710 g/mol. The molecule has 0 unspecified atom stereocenters. The minimum Gasteiger partial charge on any atom is -0.822 e. The Balaban J connectivity index is -0.0000000839. The van der Waals surface area contributed by atoms with Crippen molar-refractivity contribution in [2.75, 3.05) is 39.6 Å². The van der Waals surface area contributed by atoms with Gasteiger partial charge in [-0.1, -0.05) is 0 Å². The van der Waals surface area contributed by atoms with Crippen molar-refractivity contribution in [3.63, 3.8) is 0 Å². The Kier molecular flexibility index (Phi) is 49.3. The molecule has 254 valence electrons. The van der Waals surface area contributed by atoms with Crippen LogP contribution in [-0.4, -0.2) is 205 Å². The maximum atomic E-state index is 8.96. The van der Waals surface area contributed by atoms with Crippen LogP contribution in [0.25, 0.3) is 0 Å². The number of aliphatic hydroxyl groups excluding tert-OH is 18. The molecule has 0 saturated carbocycles. The zero-order valence-corrected chi connectivity index (χ0v) is 31.2. The molecule has 0 spiro atoms. The second kappa shape index (κ2) is 35.2. The van der Waals surface area contributed by atoms with Gasteiger partial charge in [-0.2, -0.15) is 7.82 Å². The van der Waals surface area contributed by atoms with Gasteiger partial charge in [-0.25, -0.2) is 0 Å². The summed E-state index contributed by atoms with van der Waals surface area (Å²) in [5.74, 6) is 0. The molecule has 0 saturated heterocycles. The average Bonchev–Trinajstić information content (AvgIpc) is 2.95. The van der Waals surface area contributed by atoms with Crippen LogP contribution in [0.5, 0.6) is 0 Å². The Morgan fingerprint density at radius 1 is 0.341 bits per heavy atom. The van der Waals surface area contributed by atoms with Gasteiger partial charge in [0.15, 0.2) is 0 Å². The molecule has 18 N–H and O–H groups in total. The topological polar surface area (TPSA) is 450 Å². The Bertz CT molecular complexity index is 526. The van der Waals surface area contributed by atoms with E-state index in [1.165, 1.54) is 0 Å². The molecule has 0 aliphatic carbocycles. The Morgan fingerprint density at radius 3 is 0.455 bits per heavy atom. The first-order chi connectivity index (χ1) is 18.6. The first kappa shape index (κ1) is 61.6. The molecular weight excluding hydrogens is 668 g/mol. The SMILES string of the molecule is O=P([O-])([O-])[O-].OC[C@@H](O)[C@@H](O)[C@H](O)[C@@H](O)CO.OC[C@@H](O)[C@@H](O)[C@H](O)[C@@H](O)CO.OC[C@@H](O)[C@@H](O)[C@H](O)[C@@H](O)CO.[Na+].[Na+].[Na+]. The summed E-state index contributed by atoms with van der Waals surface area (Å²) in [5.41, 5.74) is 0. The summed E-state index contributed by atoms with van der Waals surface area (Å²) in [5, 5.41) is 157. The summed E-state index contributed by atoms with van der Waals surface area (Å²) in [4.78, 5) is 25.6. The van der Waals surface area contributed by atoms with E-state index in [9.17, 15) is 0 Å². The summed E-state index contributed by atoms with van der Waals surface area (Å²) in [6.07, 6.45) is -19.2. The summed E-state index contributed by atoms with van der Waals surface area (Å²) < 4.78 is 8.55. The van der Waals surface area contributed by atoms with Crippen LogP contribution in [0.1, 0.15) is 0 Å². The van der Waals surface area contributed by atoms with Gasteiger partial charge in [0.05, 0.1) is 39.6 Å². The van der Waals surface area contributed by atoms with Crippen molar-refractivity contribution in [3.8, 4) is 0 Å². The van der Waals surface area contributed by atoms with Crippen LogP contribution in [0, 0.1) is 0 Å². The van der Waals surface area contributed by atoms with Crippen molar-refractivity contribution in [2.45, 2.75) is 73.2 Å². The third-order valence-electron chi connectivity index (χ3n) is 4.54. The summed E-state index contributed by atoms with van der Waals surface area (Å²) >= 11 is 0. The van der Waals surface area contributed by atoms with Gasteiger partial charge in [0.25, 0.3) is 0 Å². The van der Waals surface area contributed by atoms with Crippen LogP contribution in [0.4, 0.5) is 0 Å². The molecule has 0 radical (unpaired) electrons. The van der Waals surface area contributed by atoms with Crippen LogP contribution >= 0.6 is 7.82 Å². The number of phosphoric acid groups is 1. The minimum absolute atomic E-state index is 0. The molecule has 22 nitrogen and oxygen atoms in total. The van der Waals surface area contributed by atoms with E-state index in [-0.39, 0.29) is 88.7 Å². The van der Waals surface area contributed by atoms with Crippen LogP contribution in [0.15, 0.2) is 0 Å². The molecule has 0 aliphatic rings. The molecule has 0 amide bonds. The minimum atomic E-state index is -5.39. The van der Waals surface area contributed by atoms with Crippen LogP contribution in [0.2, 0.25) is 0 Å². The maximum Gasteiger partial charge on any atom is 1.00 e. The molecule has 0 rings (SSSR count). The molecule has 0 aromatic heterocycles. The van der Waals surface area contributed by atoms with Gasteiger partial charge in [-0.15, -0.1) is 0 Å². The van der Waals surface area contributed by atoms with E-state index < -0.39 is 121 Å². The fraction of sp³-hybridized carbons (Fsp3) is 1.00. The Labute approximate surface area is 317 Å². The molecule has 12 atom stereocenters. The van der Waals surface area contributed by atoms with Gasteiger partial charge in [0.2, 0.25) is 0 Å². The molecule has 0 heterocycles. The summed E-state index contributed by atoms with van der Waals surface area (Å²) in [7, 11) is -5.39. The fourth-order valence-electron chi connectivity index (χ4n) is 2.01. The van der Waals surface area contributed by atoms with Crippen LogP contribution < -0.4 is 103 Å². The molecule has 0 aliphatic heterocycles. The largest absolute Gasteiger partial charge is 1.00 e. The number of hydrogen-bond donors (Lipinski definition) is 18. The second-order valence-electron chi connectivity index (χ2n) is 7.89. The third-order valence-corrected chi connectivity index (χ3v) is 4.54.